The van der Waals surface area contributed by atoms with Gasteiger partial charge in [-0.1, -0.05) is 42.8 Å². The minimum atomic E-state index is 0.780. The van der Waals surface area contributed by atoms with E-state index in [2.05, 4.69) is 91.2 Å². The molecule has 0 aliphatic heterocycles. The highest BCUT2D eigenvalue weighted by atomic mass is 14.9. The molecule has 0 unspecified atom stereocenters. The zero-order chi connectivity index (χ0) is 23.5. The number of nitrogens with one attached hydrogen (secondary N) is 4. The molecular formula is C29H30N6. The maximum absolute atomic E-state index is 4.61. The molecule has 6 rings (SSSR count). The first-order valence-corrected chi connectivity index (χ1v) is 12.5. The maximum atomic E-state index is 4.61. The molecule has 0 spiro atoms. The third-order valence-electron chi connectivity index (χ3n) is 6.80. The Morgan fingerprint density at radius 2 is 1.03 bits per heavy atom. The number of para-hydroxylation sites is 2. The van der Waals surface area contributed by atoms with E-state index < -0.39 is 0 Å². The number of hydrogen-bond acceptors (Lipinski definition) is 4. The van der Waals surface area contributed by atoms with E-state index in [-0.39, 0.29) is 0 Å². The molecule has 4 N–H and O–H groups in total. The van der Waals surface area contributed by atoms with Crippen molar-refractivity contribution in [3.05, 3.63) is 84.4 Å². The zero-order valence-corrected chi connectivity index (χ0v) is 19.8. The summed E-state index contributed by atoms with van der Waals surface area (Å²) in [6.45, 7) is 3.55. The SMILES string of the molecule is c1ccc2c(c1)[nH]c1c(CNCCCCCNCc3nccc4c3[nH]c3ccccc34)nccc12. The molecular weight excluding hydrogens is 432 g/mol. The second-order valence-electron chi connectivity index (χ2n) is 9.12. The van der Waals surface area contributed by atoms with Gasteiger partial charge in [0, 0.05) is 58.1 Å². The van der Waals surface area contributed by atoms with Crippen molar-refractivity contribution >= 4 is 43.6 Å². The lowest BCUT2D eigenvalue weighted by atomic mass is 10.1. The summed E-state index contributed by atoms with van der Waals surface area (Å²) in [6, 6.07) is 21.1. The minimum Gasteiger partial charge on any atom is -0.353 e. The lowest BCUT2D eigenvalue weighted by Gasteiger charge is -2.07. The van der Waals surface area contributed by atoms with Crippen LogP contribution < -0.4 is 10.6 Å². The lowest BCUT2D eigenvalue weighted by molar-refractivity contribution is 0.568. The molecule has 0 amide bonds. The average Bonchev–Trinajstić information content (AvgIpc) is 3.47. The van der Waals surface area contributed by atoms with Crippen molar-refractivity contribution in [2.45, 2.75) is 32.4 Å². The predicted octanol–water partition coefficient (Wildman–Crippen LogP) is 5.80. The molecule has 6 nitrogen and oxygen atoms in total. The predicted molar refractivity (Wildman–Crippen MR) is 144 cm³/mol. The van der Waals surface area contributed by atoms with Gasteiger partial charge in [-0.2, -0.15) is 0 Å². The quantitative estimate of drug-likeness (QED) is 0.194. The van der Waals surface area contributed by atoms with Crippen LogP contribution >= 0.6 is 0 Å². The molecule has 0 saturated carbocycles. The Hall–Kier alpha value is -3.74. The van der Waals surface area contributed by atoms with Gasteiger partial charge in [0.1, 0.15) is 0 Å². The smallest absolute Gasteiger partial charge is 0.0782 e. The van der Waals surface area contributed by atoms with Crippen molar-refractivity contribution in [1.29, 1.82) is 0 Å². The largest absolute Gasteiger partial charge is 0.353 e. The number of rotatable bonds is 10. The summed E-state index contributed by atoms with van der Waals surface area (Å²) >= 11 is 0. The van der Waals surface area contributed by atoms with E-state index in [0.29, 0.717) is 0 Å². The van der Waals surface area contributed by atoms with Crippen molar-refractivity contribution in [3.63, 3.8) is 0 Å². The molecule has 0 fully saturated rings. The van der Waals surface area contributed by atoms with Crippen LogP contribution in [0.25, 0.3) is 43.6 Å². The van der Waals surface area contributed by atoms with Crippen LogP contribution in [0.2, 0.25) is 0 Å². The maximum Gasteiger partial charge on any atom is 0.0782 e. The first kappa shape index (κ1) is 21.8. The molecule has 0 radical (unpaired) electrons. The van der Waals surface area contributed by atoms with Crippen LogP contribution in [0.15, 0.2) is 73.1 Å². The molecule has 0 aliphatic rings. The van der Waals surface area contributed by atoms with Gasteiger partial charge in [-0.25, -0.2) is 0 Å². The molecule has 4 aromatic heterocycles. The van der Waals surface area contributed by atoms with Gasteiger partial charge < -0.3 is 20.6 Å². The summed E-state index contributed by atoms with van der Waals surface area (Å²) < 4.78 is 0. The highest BCUT2D eigenvalue weighted by molar-refractivity contribution is 6.08. The van der Waals surface area contributed by atoms with Crippen LogP contribution in [0.3, 0.4) is 0 Å². The summed E-state index contributed by atoms with van der Waals surface area (Å²) in [5.41, 5.74) is 6.78. The Bertz CT molecular complexity index is 1480. The lowest BCUT2D eigenvalue weighted by Crippen LogP contribution is -2.18. The first-order valence-electron chi connectivity index (χ1n) is 12.5. The summed E-state index contributed by atoms with van der Waals surface area (Å²) in [5.74, 6) is 0. The fraction of sp³-hybridized carbons (Fsp3) is 0.241. The van der Waals surface area contributed by atoms with Crippen molar-refractivity contribution in [3.8, 4) is 0 Å². The second-order valence-corrected chi connectivity index (χ2v) is 9.12. The second kappa shape index (κ2) is 9.86. The van der Waals surface area contributed by atoms with Gasteiger partial charge in [0.05, 0.1) is 22.4 Å². The summed E-state index contributed by atoms with van der Waals surface area (Å²) in [6.07, 6.45) is 7.32. The van der Waals surface area contributed by atoms with Crippen molar-refractivity contribution in [2.24, 2.45) is 0 Å². The number of aromatic nitrogens is 4. The molecule has 0 bridgehead atoms. The fourth-order valence-electron chi connectivity index (χ4n) is 5.02. The Morgan fingerprint density at radius 3 is 1.54 bits per heavy atom. The third kappa shape index (κ3) is 4.38. The van der Waals surface area contributed by atoms with E-state index in [0.717, 1.165) is 61.4 Å². The van der Waals surface area contributed by atoms with Gasteiger partial charge in [-0.05, 0) is 50.2 Å². The Kier molecular flexibility index (Phi) is 6.13. The van der Waals surface area contributed by atoms with E-state index in [1.54, 1.807) is 0 Å². The van der Waals surface area contributed by atoms with Gasteiger partial charge in [0.2, 0.25) is 0 Å². The Labute approximate surface area is 204 Å². The van der Waals surface area contributed by atoms with Crippen molar-refractivity contribution < 1.29 is 0 Å². The van der Waals surface area contributed by atoms with E-state index in [1.165, 1.54) is 39.0 Å². The Balaban J connectivity index is 0.946. The standard InChI is InChI=1S/C29H30N6/c1(6-14-30-18-26-28-22(12-16-32-26)20-8-2-4-10-24(20)34-28)7-15-31-19-27-29-23(13-17-33-27)21-9-3-5-11-25(21)35-29/h2-5,8-13,16-17,30-31,34-35H,1,6-7,14-15,18-19H2. The van der Waals surface area contributed by atoms with Gasteiger partial charge >= 0.3 is 0 Å². The monoisotopic (exact) mass is 462 g/mol. The fourth-order valence-corrected chi connectivity index (χ4v) is 5.02. The van der Waals surface area contributed by atoms with Gasteiger partial charge in [0.15, 0.2) is 0 Å². The highest BCUT2D eigenvalue weighted by Gasteiger charge is 2.09. The van der Waals surface area contributed by atoms with Gasteiger partial charge in [0.25, 0.3) is 0 Å². The molecule has 176 valence electrons. The van der Waals surface area contributed by atoms with E-state index in [4.69, 9.17) is 0 Å². The number of hydrogen-bond donors (Lipinski definition) is 4. The van der Waals surface area contributed by atoms with Crippen LogP contribution in [-0.2, 0) is 13.1 Å². The van der Waals surface area contributed by atoms with Crippen molar-refractivity contribution in [2.75, 3.05) is 13.1 Å². The van der Waals surface area contributed by atoms with Crippen LogP contribution in [-0.4, -0.2) is 33.0 Å². The molecule has 0 aliphatic carbocycles. The van der Waals surface area contributed by atoms with E-state index >= 15 is 0 Å². The number of fused-ring (bicyclic) bond motifs is 6. The van der Waals surface area contributed by atoms with E-state index in [1.807, 2.05) is 12.4 Å². The van der Waals surface area contributed by atoms with Crippen LogP contribution in [0.4, 0.5) is 0 Å². The highest BCUT2D eigenvalue weighted by Crippen LogP contribution is 2.27. The normalized spacial score (nSPS) is 11.9. The number of nitrogens with zero attached hydrogens (tertiary/aromatic N) is 2. The molecule has 0 saturated heterocycles. The zero-order valence-electron chi connectivity index (χ0n) is 19.8. The average molecular weight is 463 g/mol. The Morgan fingerprint density at radius 1 is 0.543 bits per heavy atom. The van der Waals surface area contributed by atoms with Crippen LogP contribution in [0, 0.1) is 0 Å². The van der Waals surface area contributed by atoms with Crippen LogP contribution in [0.5, 0.6) is 0 Å². The number of aromatic amines is 2. The number of pyridine rings is 2. The van der Waals surface area contributed by atoms with Gasteiger partial charge in [-0.15, -0.1) is 0 Å². The number of benzene rings is 2. The number of H-pyrrole nitrogens is 2. The molecule has 4 heterocycles. The van der Waals surface area contributed by atoms with Crippen molar-refractivity contribution in [1.82, 2.24) is 30.6 Å². The summed E-state index contributed by atoms with van der Waals surface area (Å²) in [4.78, 5) is 16.3. The van der Waals surface area contributed by atoms with Crippen LogP contribution in [0.1, 0.15) is 30.7 Å². The molecule has 6 heteroatoms. The first-order chi connectivity index (χ1) is 17.4. The molecule has 6 aromatic rings. The summed E-state index contributed by atoms with van der Waals surface area (Å²) in [7, 11) is 0. The minimum absolute atomic E-state index is 0.780. The molecule has 35 heavy (non-hydrogen) atoms. The van der Waals surface area contributed by atoms with Gasteiger partial charge in [-0.3, -0.25) is 9.97 Å². The van der Waals surface area contributed by atoms with E-state index in [9.17, 15) is 0 Å². The topological polar surface area (TPSA) is 81.4 Å². The third-order valence-corrected chi connectivity index (χ3v) is 6.80. The summed E-state index contributed by atoms with van der Waals surface area (Å²) in [5, 5.41) is 12.2. The molecule has 0 atom stereocenters. The number of unbranched alkanes of at least 4 members (excludes halogenated alkanes) is 2. The molecule has 2 aromatic carbocycles.